The third kappa shape index (κ3) is 11.4. The van der Waals surface area contributed by atoms with E-state index in [1.54, 1.807) is 21.3 Å². The van der Waals surface area contributed by atoms with E-state index in [-0.39, 0.29) is 101 Å². The molecule has 2 saturated heterocycles. The molecule has 2 aliphatic heterocycles. The predicted molar refractivity (Wildman–Crippen MR) is 218 cm³/mol. The highest BCUT2D eigenvalue weighted by molar-refractivity contribution is 5.99. The summed E-state index contributed by atoms with van der Waals surface area (Å²) in [7, 11) is 4.95. The van der Waals surface area contributed by atoms with Gasteiger partial charge in [-0.05, 0) is 94.0 Å². The summed E-state index contributed by atoms with van der Waals surface area (Å²) < 4.78 is 43.8. The molecule has 332 valence electrons. The molecule has 1 saturated carbocycles. The van der Waals surface area contributed by atoms with E-state index in [2.05, 4.69) is 39.0 Å². The number of methoxy groups -OCH3 is 3. The molecule has 5 rings (SSSR count). The average molecular weight is 883 g/mol. The number of cyclic esters (lactones) is 1. The largest absolute Gasteiger partial charge is 1.00 e. The van der Waals surface area contributed by atoms with Crippen LogP contribution in [0.5, 0.6) is 0 Å². The number of ether oxygens (including phenoxy) is 7. The molecule has 0 unspecified atom stereocenters. The maximum atomic E-state index is 14.7. The number of Topliss-reactive ketones (excluding diaryl/α,β-unsaturated/α-hetero) is 1. The van der Waals surface area contributed by atoms with Crippen LogP contribution >= 0.6 is 0 Å². The predicted octanol–water partition coefficient (Wildman–Crippen LogP) is 4.39. The Morgan fingerprint density at radius 3 is 2.14 bits per heavy atom. The first kappa shape index (κ1) is 49.0. The number of nitrogens with zero attached hydrogens (tertiary/aromatic N) is 1. The van der Waals surface area contributed by atoms with Crippen LogP contribution in [0.4, 0.5) is 0 Å². The molecule has 0 N–H and O–H groups in total. The van der Waals surface area contributed by atoms with Crippen molar-refractivity contribution in [3.05, 3.63) is 23.8 Å². The fourth-order valence-corrected chi connectivity index (χ4v) is 11.3. The molecule has 3 aliphatic carbocycles. The van der Waals surface area contributed by atoms with E-state index in [1.165, 1.54) is 0 Å². The number of esters is 2. The average Bonchev–Trinajstić information content (AvgIpc) is 3.77. The number of hydrogen-bond donors (Lipinski definition) is 0. The van der Waals surface area contributed by atoms with Crippen LogP contribution in [-0.4, -0.2) is 119 Å². The smallest absolute Gasteiger partial charge is 0.306 e. The van der Waals surface area contributed by atoms with Gasteiger partial charge in [0, 0.05) is 33.7 Å². The quantitative estimate of drug-likeness (QED) is 0.119. The van der Waals surface area contributed by atoms with Crippen molar-refractivity contribution < 1.29 is 69.0 Å². The van der Waals surface area contributed by atoms with Gasteiger partial charge in [0.1, 0.15) is 30.5 Å². The molecule has 0 bridgehead atoms. The highest BCUT2D eigenvalue weighted by atomic mass is 79.9. The molecule has 11 nitrogen and oxygen atoms in total. The Morgan fingerprint density at radius 2 is 1.52 bits per heavy atom. The van der Waals surface area contributed by atoms with Crippen molar-refractivity contribution in [2.45, 2.75) is 168 Å². The first-order chi connectivity index (χ1) is 27.5. The van der Waals surface area contributed by atoms with Gasteiger partial charge in [0.25, 0.3) is 0 Å². The molecule has 0 aromatic rings. The van der Waals surface area contributed by atoms with Crippen LogP contribution < -0.4 is 17.0 Å². The molecular formula is C46H76BrNO10. The molecule has 3 fully saturated rings. The van der Waals surface area contributed by atoms with E-state index < -0.39 is 24.4 Å². The van der Waals surface area contributed by atoms with Gasteiger partial charge in [-0.2, -0.15) is 0 Å². The number of hydrogen-bond acceptors (Lipinski definition) is 10. The van der Waals surface area contributed by atoms with E-state index in [4.69, 9.17) is 33.2 Å². The fourth-order valence-electron chi connectivity index (χ4n) is 11.3. The summed E-state index contributed by atoms with van der Waals surface area (Å²) in [4.78, 5) is 41.8. The van der Waals surface area contributed by atoms with Gasteiger partial charge in [0.15, 0.2) is 12.1 Å². The second kappa shape index (κ2) is 23.0. The third-order valence-electron chi connectivity index (χ3n) is 14.0. The molecule has 2 heterocycles. The van der Waals surface area contributed by atoms with Gasteiger partial charge in [-0.15, -0.1) is 0 Å². The van der Waals surface area contributed by atoms with Crippen molar-refractivity contribution >= 4 is 17.7 Å². The Morgan fingerprint density at radius 1 is 0.845 bits per heavy atom. The Bertz CT molecular complexity index is 1370. The lowest BCUT2D eigenvalue weighted by atomic mass is 9.70. The monoisotopic (exact) mass is 881 g/mol. The van der Waals surface area contributed by atoms with Gasteiger partial charge < -0.3 is 54.6 Å². The van der Waals surface area contributed by atoms with Crippen molar-refractivity contribution in [1.82, 2.24) is 0 Å². The van der Waals surface area contributed by atoms with Gasteiger partial charge in [-0.25, -0.2) is 0 Å². The molecule has 12 heteroatoms. The first-order valence-corrected chi connectivity index (χ1v) is 22.5. The minimum Gasteiger partial charge on any atom is -1.00 e. The lowest BCUT2D eigenvalue weighted by molar-refractivity contribution is -0.928. The topological polar surface area (TPSA) is 116 Å². The molecule has 0 amide bonds. The van der Waals surface area contributed by atoms with E-state index in [0.717, 1.165) is 69.2 Å². The number of carbonyl (C=O) groups is 3. The number of fused-ring (bicyclic) bond motifs is 5. The summed E-state index contributed by atoms with van der Waals surface area (Å²) in [6.45, 7) is 17.0. The zero-order chi connectivity index (χ0) is 41.3. The summed E-state index contributed by atoms with van der Waals surface area (Å²) in [6.07, 6.45) is 12.9. The van der Waals surface area contributed by atoms with Crippen LogP contribution in [0, 0.1) is 35.5 Å². The standard InChI is InChI=1S/C46H76NO10.BrH/c1-10-21-47(22-11-2,23-12-3)24-15-18-40(48)57-39-17-14-16-32(13-4)55-41(49)28-37-34-20-19-31-25-33(26-35(31)36(34)27-38(37)42(50)29(39)5)56-46-45(53-9)44(52-8)43(51-7)30(6)54-46;/h19-20,27,29-37,39,43-46H,10-18,21-26,28H2,1-9H3;1H/q+1;/p-1/t29-,30+,31-,32+,33-,34-,35-,36-,37+,39+,43+,44-,45-,46+;/m1./s1. The number of carbonyl (C=O) groups excluding carboxylic acids is 3. The van der Waals surface area contributed by atoms with Crippen LogP contribution in [0.2, 0.25) is 0 Å². The van der Waals surface area contributed by atoms with Crippen LogP contribution in [0.1, 0.15) is 119 Å². The number of quaternary nitrogens is 1. The van der Waals surface area contributed by atoms with E-state index in [9.17, 15) is 14.4 Å². The summed E-state index contributed by atoms with van der Waals surface area (Å²) in [6, 6.07) is 0. The van der Waals surface area contributed by atoms with E-state index in [1.807, 2.05) is 20.8 Å². The zero-order valence-electron chi connectivity index (χ0n) is 37.0. The van der Waals surface area contributed by atoms with Gasteiger partial charge in [-0.3, -0.25) is 14.4 Å². The lowest BCUT2D eigenvalue weighted by Crippen LogP contribution is -3.00. The van der Waals surface area contributed by atoms with Gasteiger partial charge in [0.05, 0.1) is 57.1 Å². The second-order valence-electron chi connectivity index (χ2n) is 17.8. The van der Waals surface area contributed by atoms with Crippen molar-refractivity contribution in [2.75, 3.05) is 47.5 Å². The van der Waals surface area contributed by atoms with E-state index in [0.29, 0.717) is 37.7 Å². The number of halogens is 1. The van der Waals surface area contributed by atoms with Crippen LogP contribution in [0.25, 0.3) is 0 Å². The number of rotatable bonds is 17. The van der Waals surface area contributed by atoms with Crippen LogP contribution in [0.15, 0.2) is 23.8 Å². The highest BCUT2D eigenvalue weighted by Crippen LogP contribution is 2.54. The Hall–Kier alpha value is -1.67. The molecular weight excluding hydrogens is 806 g/mol. The highest BCUT2D eigenvalue weighted by Gasteiger charge is 2.52. The molecule has 5 aliphatic rings. The van der Waals surface area contributed by atoms with E-state index >= 15 is 0 Å². The van der Waals surface area contributed by atoms with Crippen LogP contribution in [0.3, 0.4) is 0 Å². The molecule has 0 radical (unpaired) electrons. The van der Waals surface area contributed by atoms with Gasteiger partial charge in [0.2, 0.25) is 0 Å². The van der Waals surface area contributed by atoms with Crippen molar-refractivity contribution in [2.24, 2.45) is 35.5 Å². The minimum atomic E-state index is -0.614. The summed E-state index contributed by atoms with van der Waals surface area (Å²) in [5.74, 6) is -0.712. The normalized spacial score (nSPS) is 36.7. The second-order valence-corrected chi connectivity index (χ2v) is 17.8. The SMILES string of the molecule is CCC[N+](CCC)(CCC)CCCC(=O)O[C@H]1CCC[C@H](CC)OC(=O)C[C@@H]2C(=C[C@@H]3[C@H]2C=C[C@@H]2C[C@@H](O[C@@H]4O[C@@H](C)[C@H](OC)[C@@H](OC)[C@H]4OC)C[C@@H]32)C(=O)[C@@H]1C.[Br-]. The molecule has 0 spiro atoms. The molecule has 0 aromatic carbocycles. The molecule has 58 heavy (non-hydrogen) atoms. The maximum absolute atomic E-state index is 14.7. The van der Waals surface area contributed by atoms with Crippen molar-refractivity contribution in [1.29, 1.82) is 0 Å². The molecule has 0 aromatic heterocycles. The lowest BCUT2D eigenvalue weighted by Gasteiger charge is -2.44. The van der Waals surface area contributed by atoms with Crippen molar-refractivity contribution in [3.8, 4) is 0 Å². The number of allylic oxidation sites excluding steroid dienone is 4. The van der Waals surface area contributed by atoms with Crippen LogP contribution in [-0.2, 0) is 47.5 Å². The summed E-state index contributed by atoms with van der Waals surface area (Å²) in [5, 5.41) is 0. The minimum absolute atomic E-state index is 0. The fraction of sp³-hybridized carbons (Fsp3) is 0.848. The Kier molecular flexibility index (Phi) is 19.4. The summed E-state index contributed by atoms with van der Waals surface area (Å²) in [5.41, 5.74) is 0.692. The van der Waals surface area contributed by atoms with Gasteiger partial charge >= 0.3 is 11.9 Å². The Balaban J connectivity index is 0.00000744. The Labute approximate surface area is 360 Å². The third-order valence-corrected chi connectivity index (χ3v) is 14.0. The zero-order valence-corrected chi connectivity index (χ0v) is 38.6. The first-order valence-electron chi connectivity index (χ1n) is 22.5. The molecule has 14 atom stereocenters. The van der Waals surface area contributed by atoms with Gasteiger partial charge in [-0.1, -0.05) is 52.8 Å². The number of ketones is 1. The summed E-state index contributed by atoms with van der Waals surface area (Å²) >= 11 is 0. The maximum Gasteiger partial charge on any atom is 0.306 e. The van der Waals surface area contributed by atoms with Crippen molar-refractivity contribution in [3.63, 3.8) is 0 Å².